The summed E-state index contributed by atoms with van der Waals surface area (Å²) < 4.78 is 13.1. The van der Waals surface area contributed by atoms with E-state index in [0.29, 0.717) is 0 Å². The van der Waals surface area contributed by atoms with Crippen LogP contribution in [0, 0.1) is 5.82 Å². The number of carbonyl (C=O) groups is 1. The first-order valence-electron chi connectivity index (χ1n) is 4.81. The van der Waals surface area contributed by atoms with Crippen molar-refractivity contribution in [2.24, 2.45) is 0 Å². The number of carbonyl (C=O) groups excluding carboxylic acids is 1. The van der Waals surface area contributed by atoms with Crippen LogP contribution in [0.25, 0.3) is 0 Å². The highest BCUT2D eigenvalue weighted by Crippen LogP contribution is 2.21. The molecule has 1 atom stereocenters. The third kappa shape index (κ3) is 2.51. The van der Waals surface area contributed by atoms with Crippen molar-refractivity contribution >= 4 is 17.5 Å². The van der Waals surface area contributed by atoms with Crippen molar-refractivity contribution in [3.63, 3.8) is 0 Å². The van der Waals surface area contributed by atoms with Crippen molar-refractivity contribution in [2.75, 3.05) is 13.7 Å². The van der Waals surface area contributed by atoms with E-state index in [0.717, 1.165) is 0 Å². The van der Waals surface area contributed by atoms with E-state index in [-0.39, 0.29) is 23.2 Å². The molecule has 0 radical (unpaired) electrons. The first-order chi connectivity index (χ1) is 7.49. The van der Waals surface area contributed by atoms with Crippen LogP contribution in [-0.2, 0) is 0 Å². The molecule has 0 bridgehead atoms. The molecule has 0 saturated heterocycles. The summed E-state index contributed by atoms with van der Waals surface area (Å²) >= 11 is 5.70. The molecule has 1 N–H and O–H groups in total. The van der Waals surface area contributed by atoms with Gasteiger partial charge in [-0.15, -0.1) is 0 Å². The summed E-state index contributed by atoms with van der Waals surface area (Å²) in [7, 11) is 1.53. The zero-order valence-electron chi connectivity index (χ0n) is 9.08. The number of aliphatic hydroxyl groups is 1. The third-order valence-corrected chi connectivity index (χ3v) is 2.81. The molecule has 1 unspecified atom stereocenters. The molecule has 0 heterocycles. The van der Waals surface area contributed by atoms with Gasteiger partial charge in [0.05, 0.1) is 23.2 Å². The highest BCUT2D eigenvalue weighted by Gasteiger charge is 2.20. The van der Waals surface area contributed by atoms with E-state index in [4.69, 9.17) is 16.7 Å². The second kappa shape index (κ2) is 5.27. The molecule has 0 aliphatic carbocycles. The van der Waals surface area contributed by atoms with Gasteiger partial charge in [-0.25, -0.2) is 4.39 Å². The van der Waals surface area contributed by atoms with E-state index in [1.165, 1.54) is 30.1 Å². The molecule has 1 rings (SSSR count). The minimum absolute atomic E-state index is 0.101. The summed E-state index contributed by atoms with van der Waals surface area (Å²) in [5.74, 6) is -1.04. The zero-order valence-corrected chi connectivity index (χ0v) is 9.83. The van der Waals surface area contributed by atoms with E-state index in [1.54, 1.807) is 6.92 Å². The minimum Gasteiger partial charge on any atom is -0.394 e. The van der Waals surface area contributed by atoms with Crippen LogP contribution in [-0.4, -0.2) is 35.6 Å². The number of rotatable bonds is 3. The van der Waals surface area contributed by atoms with Gasteiger partial charge in [-0.1, -0.05) is 17.7 Å². The Morgan fingerprint density at radius 3 is 2.81 bits per heavy atom. The lowest BCUT2D eigenvalue weighted by atomic mass is 10.1. The predicted molar refractivity (Wildman–Crippen MR) is 60.1 cm³/mol. The van der Waals surface area contributed by atoms with E-state index >= 15 is 0 Å². The highest BCUT2D eigenvalue weighted by molar-refractivity contribution is 6.34. The highest BCUT2D eigenvalue weighted by atomic mass is 35.5. The summed E-state index contributed by atoms with van der Waals surface area (Å²) in [4.78, 5) is 13.2. The second-order valence-corrected chi connectivity index (χ2v) is 3.93. The van der Waals surface area contributed by atoms with Crippen LogP contribution in [0.4, 0.5) is 4.39 Å². The smallest absolute Gasteiger partial charge is 0.255 e. The fourth-order valence-corrected chi connectivity index (χ4v) is 1.39. The van der Waals surface area contributed by atoms with Gasteiger partial charge in [0.25, 0.3) is 5.91 Å². The Balaban J connectivity index is 3.01. The average Bonchev–Trinajstić information content (AvgIpc) is 2.29. The maximum absolute atomic E-state index is 13.1. The Hall–Kier alpha value is -1.13. The fraction of sp³-hybridized carbons (Fsp3) is 0.364. The van der Waals surface area contributed by atoms with Crippen LogP contribution < -0.4 is 0 Å². The van der Waals surface area contributed by atoms with Crippen molar-refractivity contribution in [2.45, 2.75) is 13.0 Å². The molecule has 16 heavy (non-hydrogen) atoms. The van der Waals surface area contributed by atoms with Crippen LogP contribution >= 0.6 is 11.6 Å². The molecule has 0 saturated carbocycles. The van der Waals surface area contributed by atoms with Crippen molar-refractivity contribution in [1.82, 2.24) is 4.90 Å². The van der Waals surface area contributed by atoms with Crippen LogP contribution in [0.5, 0.6) is 0 Å². The number of amides is 1. The molecule has 0 aliphatic rings. The average molecular weight is 246 g/mol. The van der Waals surface area contributed by atoms with E-state index < -0.39 is 11.7 Å². The molecule has 1 aromatic rings. The van der Waals surface area contributed by atoms with Gasteiger partial charge in [0, 0.05) is 7.05 Å². The number of nitrogens with zero attached hydrogens (tertiary/aromatic N) is 1. The lowest BCUT2D eigenvalue weighted by molar-refractivity contribution is 0.0682. The maximum Gasteiger partial charge on any atom is 0.255 e. The van der Waals surface area contributed by atoms with Crippen LogP contribution in [0.1, 0.15) is 17.3 Å². The first kappa shape index (κ1) is 12.9. The summed E-state index contributed by atoms with van der Waals surface area (Å²) in [6.45, 7) is 1.53. The van der Waals surface area contributed by atoms with Gasteiger partial charge in [-0.3, -0.25) is 4.79 Å². The number of aliphatic hydroxyl groups excluding tert-OH is 1. The summed E-state index contributed by atoms with van der Waals surface area (Å²) in [5.41, 5.74) is 0.101. The monoisotopic (exact) mass is 245 g/mol. The largest absolute Gasteiger partial charge is 0.394 e. The maximum atomic E-state index is 13.1. The molecule has 0 fully saturated rings. The molecule has 1 aromatic carbocycles. The minimum atomic E-state index is -0.627. The Morgan fingerprint density at radius 2 is 2.25 bits per heavy atom. The van der Waals surface area contributed by atoms with Crippen LogP contribution in [0.15, 0.2) is 18.2 Å². The second-order valence-electron chi connectivity index (χ2n) is 3.55. The Bertz CT molecular complexity index is 398. The number of halogens is 2. The molecular formula is C11H13ClFNO2. The Morgan fingerprint density at radius 1 is 1.62 bits per heavy atom. The first-order valence-corrected chi connectivity index (χ1v) is 5.18. The van der Waals surface area contributed by atoms with Gasteiger partial charge in [-0.2, -0.15) is 0 Å². The van der Waals surface area contributed by atoms with Crippen LogP contribution in [0.2, 0.25) is 5.02 Å². The van der Waals surface area contributed by atoms with Crippen molar-refractivity contribution in [1.29, 1.82) is 0 Å². The standard InChI is InChI=1S/C11H13ClFNO2/c1-7(6-15)14(2)11(16)8-4-3-5-9(13)10(8)12/h3-5,7,15H,6H2,1-2H3. The quantitative estimate of drug-likeness (QED) is 0.884. The lowest BCUT2D eigenvalue weighted by Gasteiger charge is -2.23. The van der Waals surface area contributed by atoms with E-state index in [9.17, 15) is 9.18 Å². The van der Waals surface area contributed by atoms with Crippen molar-refractivity contribution in [3.8, 4) is 0 Å². The fourth-order valence-electron chi connectivity index (χ4n) is 1.18. The Labute approximate surface area is 98.4 Å². The number of benzene rings is 1. The van der Waals surface area contributed by atoms with Gasteiger partial charge in [-0.05, 0) is 19.1 Å². The van der Waals surface area contributed by atoms with E-state index in [2.05, 4.69) is 0 Å². The molecule has 88 valence electrons. The topological polar surface area (TPSA) is 40.5 Å². The molecule has 3 nitrogen and oxygen atoms in total. The molecule has 0 aliphatic heterocycles. The van der Waals surface area contributed by atoms with Gasteiger partial charge in [0.2, 0.25) is 0 Å². The molecule has 0 spiro atoms. The number of hydrogen-bond acceptors (Lipinski definition) is 2. The number of hydrogen-bond donors (Lipinski definition) is 1. The van der Waals surface area contributed by atoms with Crippen molar-refractivity contribution in [3.05, 3.63) is 34.6 Å². The Kier molecular flexibility index (Phi) is 4.26. The molecule has 1 amide bonds. The number of likely N-dealkylation sites (N-methyl/N-ethyl adjacent to an activating group) is 1. The zero-order chi connectivity index (χ0) is 12.3. The normalized spacial score (nSPS) is 12.3. The summed E-state index contributed by atoms with van der Waals surface area (Å²) in [6.07, 6.45) is 0. The summed E-state index contributed by atoms with van der Waals surface area (Å²) in [6, 6.07) is 3.72. The van der Waals surface area contributed by atoms with Gasteiger partial charge in [0.1, 0.15) is 5.82 Å². The summed E-state index contributed by atoms with van der Waals surface area (Å²) in [5, 5.41) is 8.73. The molecular weight excluding hydrogens is 233 g/mol. The molecule has 0 aromatic heterocycles. The van der Waals surface area contributed by atoms with E-state index in [1.807, 2.05) is 0 Å². The third-order valence-electron chi connectivity index (χ3n) is 2.43. The van der Waals surface area contributed by atoms with Crippen LogP contribution in [0.3, 0.4) is 0 Å². The van der Waals surface area contributed by atoms with Gasteiger partial charge < -0.3 is 10.0 Å². The predicted octanol–water partition coefficient (Wildman–Crippen LogP) is 1.93. The SMILES string of the molecule is CC(CO)N(C)C(=O)c1cccc(F)c1Cl. The van der Waals surface area contributed by atoms with Crippen molar-refractivity contribution < 1.29 is 14.3 Å². The van der Waals surface area contributed by atoms with Gasteiger partial charge >= 0.3 is 0 Å². The molecule has 5 heteroatoms. The lowest BCUT2D eigenvalue weighted by Crippen LogP contribution is -2.37. The van der Waals surface area contributed by atoms with Gasteiger partial charge in [0.15, 0.2) is 0 Å².